The SMILES string of the molecule is CNC(=O)C1CCN(C(=O)Nc2ccc(C)cc2C)CC1. The highest BCUT2D eigenvalue weighted by atomic mass is 16.2. The molecular formula is C16H23N3O2. The number of benzene rings is 1. The van der Waals surface area contributed by atoms with Crippen LogP contribution >= 0.6 is 0 Å². The van der Waals surface area contributed by atoms with Gasteiger partial charge < -0.3 is 15.5 Å². The summed E-state index contributed by atoms with van der Waals surface area (Å²) in [5.74, 6) is 0.101. The summed E-state index contributed by atoms with van der Waals surface area (Å²) in [6.07, 6.45) is 1.44. The minimum atomic E-state index is -0.0858. The van der Waals surface area contributed by atoms with Gasteiger partial charge in [-0.3, -0.25) is 4.79 Å². The van der Waals surface area contributed by atoms with Gasteiger partial charge in [0.15, 0.2) is 0 Å². The molecule has 1 saturated heterocycles. The summed E-state index contributed by atoms with van der Waals surface area (Å²) in [4.78, 5) is 25.6. The molecule has 2 N–H and O–H groups in total. The highest BCUT2D eigenvalue weighted by Crippen LogP contribution is 2.20. The molecule has 0 aromatic heterocycles. The summed E-state index contributed by atoms with van der Waals surface area (Å²) in [6, 6.07) is 5.88. The average molecular weight is 289 g/mol. The number of likely N-dealkylation sites (tertiary alicyclic amines) is 1. The molecule has 5 heteroatoms. The van der Waals surface area contributed by atoms with Crippen LogP contribution in [0.2, 0.25) is 0 Å². The number of rotatable bonds is 2. The fraction of sp³-hybridized carbons (Fsp3) is 0.500. The van der Waals surface area contributed by atoms with Crippen molar-refractivity contribution in [1.82, 2.24) is 10.2 Å². The Morgan fingerprint density at radius 3 is 2.43 bits per heavy atom. The summed E-state index contributed by atoms with van der Waals surface area (Å²) in [6.45, 7) is 5.26. The second kappa shape index (κ2) is 6.61. The van der Waals surface area contributed by atoms with Crippen molar-refractivity contribution in [3.63, 3.8) is 0 Å². The van der Waals surface area contributed by atoms with E-state index in [0.29, 0.717) is 13.1 Å². The van der Waals surface area contributed by atoms with Gasteiger partial charge in [0.2, 0.25) is 5.91 Å². The van der Waals surface area contributed by atoms with E-state index in [-0.39, 0.29) is 17.9 Å². The quantitative estimate of drug-likeness (QED) is 0.877. The van der Waals surface area contributed by atoms with E-state index in [1.807, 2.05) is 32.0 Å². The summed E-state index contributed by atoms with van der Waals surface area (Å²) >= 11 is 0. The standard InChI is InChI=1S/C16H23N3O2/c1-11-4-5-14(12(2)10-11)18-16(21)19-8-6-13(7-9-19)15(20)17-3/h4-5,10,13H,6-9H2,1-3H3,(H,17,20)(H,18,21). The van der Waals surface area contributed by atoms with Gasteiger partial charge >= 0.3 is 6.03 Å². The van der Waals surface area contributed by atoms with Crippen LogP contribution in [0.25, 0.3) is 0 Å². The molecule has 0 atom stereocenters. The molecule has 1 fully saturated rings. The van der Waals surface area contributed by atoms with E-state index in [2.05, 4.69) is 10.6 Å². The van der Waals surface area contributed by atoms with Crippen LogP contribution in [0.4, 0.5) is 10.5 Å². The topological polar surface area (TPSA) is 61.4 Å². The number of urea groups is 1. The van der Waals surface area contributed by atoms with Crippen LogP contribution in [0.1, 0.15) is 24.0 Å². The van der Waals surface area contributed by atoms with E-state index < -0.39 is 0 Å². The molecule has 1 heterocycles. The predicted molar refractivity (Wildman–Crippen MR) is 83.3 cm³/mol. The van der Waals surface area contributed by atoms with Crippen LogP contribution in [0, 0.1) is 19.8 Å². The number of anilines is 1. The second-order valence-corrected chi connectivity index (χ2v) is 5.62. The van der Waals surface area contributed by atoms with Gasteiger partial charge in [0.25, 0.3) is 0 Å². The zero-order valence-electron chi connectivity index (χ0n) is 12.9. The number of aryl methyl sites for hydroxylation is 2. The van der Waals surface area contributed by atoms with E-state index in [0.717, 1.165) is 24.1 Å². The highest BCUT2D eigenvalue weighted by molar-refractivity contribution is 5.90. The number of piperidine rings is 1. The lowest BCUT2D eigenvalue weighted by molar-refractivity contribution is -0.125. The monoisotopic (exact) mass is 289 g/mol. The van der Waals surface area contributed by atoms with Crippen LogP contribution in [0.15, 0.2) is 18.2 Å². The Hall–Kier alpha value is -2.04. The molecule has 1 aromatic carbocycles. The molecule has 0 saturated carbocycles. The molecule has 0 aliphatic carbocycles. The molecule has 114 valence electrons. The van der Waals surface area contributed by atoms with E-state index in [4.69, 9.17) is 0 Å². The maximum atomic E-state index is 12.3. The van der Waals surface area contributed by atoms with Crippen molar-refractivity contribution in [3.05, 3.63) is 29.3 Å². The van der Waals surface area contributed by atoms with E-state index in [1.165, 1.54) is 5.56 Å². The van der Waals surface area contributed by atoms with Crippen molar-refractivity contribution in [3.8, 4) is 0 Å². The zero-order valence-corrected chi connectivity index (χ0v) is 12.9. The molecule has 1 aliphatic heterocycles. The van der Waals surface area contributed by atoms with Crippen LogP contribution in [0.3, 0.4) is 0 Å². The highest BCUT2D eigenvalue weighted by Gasteiger charge is 2.26. The van der Waals surface area contributed by atoms with Crippen molar-refractivity contribution < 1.29 is 9.59 Å². The molecule has 2 rings (SSSR count). The van der Waals surface area contributed by atoms with Crippen molar-refractivity contribution in [1.29, 1.82) is 0 Å². The smallest absolute Gasteiger partial charge is 0.321 e. The summed E-state index contributed by atoms with van der Waals surface area (Å²) in [5.41, 5.74) is 3.08. The van der Waals surface area contributed by atoms with Gasteiger partial charge in [-0.1, -0.05) is 17.7 Å². The van der Waals surface area contributed by atoms with E-state index >= 15 is 0 Å². The fourth-order valence-corrected chi connectivity index (χ4v) is 2.70. The first-order valence-corrected chi connectivity index (χ1v) is 7.36. The number of carbonyl (C=O) groups excluding carboxylic acids is 2. The van der Waals surface area contributed by atoms with E-state index in [1.54, 1.807) is 11.9 Å². The second-order valence-electron chi connectivity index (χ2n) is 5.62. The van der Waals surface area contributed by atoms with Gasteiger partial charge in [0, 0.05) is 31.7 Å². The minimum Gasteiger partial charge on any atom is -0.359 e. The third-order valence-corrected chi connectivity index (χ3v) is 4.02. The third-order valence-electron chi connectivity index (χ3n) is 4.02. The van der Waals surface area contributed by atoms with Crippen molar-refractivity contribution in [2.75, 3.05) is 25.5 Å². The number of amides is 3. The molecule has 0 unspecified atom stereocenters. The first-order valence-electron chi connectivity index (χ1n) is 7.36. The lowest BCUT2D eigenvalue weighted by atomic mass is 9.96. The largest absolute Gasteiger partial charge is 0.359 e. The van der Waals surface area contributed by atoms with Gasteiger partial charge in [-0.2, -0.15) is 0 Å². The molecule has 1 aliphatic rings. The van der Waals surface area contributed by atoms with Crippen LogP contribution in [0.5, 0.6) is 0 Å². The number of nitrogens with zero attached hydrogens (tertiary/aromatic N) is 1. The van der Waals surface area contributed by atoms with Gasteiger partial charge in [-0.15, -0.1) is 0 Å². The molecule has 1 aromatic rings. The molecule has 0 radical (unpaired) electrons. The molecule has 0 spiro atoms. The van der Waals surface area contributed by atoms with Crippen LogP contribution in [-0.4, -0.2) is 37.0 Å². The Kier molecular flexibility index (Phi) is 4.83. The third kappa shape index (κ3) is 3.74. The molecule has 0 bridgehead atoms. The first kappa shape index (κ1) is 15.4. The van der Waals surface area contributed by atoms with Gasteiger partial charge in [-0.05, 0) is 38.3 Å². The molecular weight excluding hydrogens is 266 g/mol. The van der Waals surface area contributed by atoms with Crippen molar-refractivity contribution in [2.24, 2.45) is 5.92 Å². The first-order chi connectivity index (χ1) is 10.0. The maximum Gasteiger partial charge on any atom is 0.321 e. The molecule has 21 heavy (non-hydrogen) atoms. The Bertz CT molecular complexity index is 534. The zero-order chi connectivity index (χ0) is 15.4. The maximum absolute atomic E-state index is 12.3. The van der Waals surface area contributed by atoms with Gasteiger partial charge in [0.1, 0.15) is 0 Å². The average Bonchev–Trinajstić information content (AvgIpc) is 2.49. The summed E-state index contributed by atoms with van der Waals surface area (Å²) in [7, 11) is 1.65. The molecule has 3 amide bonds. The summed E-state index contributed by atoms with van der Waals surface area (Å²) < 4.78 is 0. The van der Waals surface area contributed by atoms with Gasteiger partial charge in [-0.25, -0.2) is 4.79 Å². The Balaban J connectivity index is 1.92. The normalized spacial score (nSPS) is 15.7. The van der Waals surface area contributed by atoms with Crippen molar-refractivity contribution >= 4 is 17.6 Å². The van der Waals surface area contributed by atoms with E-state index in [9.17, 15) is 9.59 Å². The summed E-state index contributed by atoms with van der Waals surface area (Å²) in [5, 5.41) is 5.62. The Morgan fingerprint density at radius 2 is 1.86 bits per heavy atom. The predicted octanol–water partition coefficient (Wildman–Crippen LogP) is 2.29. The number of hydrogen-bond acceptors (Lipinski definition) is 2. The minimum absolute atomic E-state index is 0.0279. The van der Waals surface area contributed by atoms with Crippen LogP contribution in [-0.2, 0) is 4.79 Å². The van der Waals surface area contributed by atoms with Crippen molar-refractivity contribution in [2.45, 2.75) is 26.7 Å². The number of hydrogen-bond donors (Lipinski definition) is 2. The number of nitrogens with one attached hydrogen (secondary N) is 2. The lowest BCUT2D eigenvalue weighted by Gasteiger charge is -2.31. The van der Waals surface area contributed by atoms with Gasteiger partial charge in [0.05, 0.1) is 0 Å². The lowest BCUT2D eigenvalue weighted by Crippen LogP contribution is -2.44. The Labute approximate surface area is 125 Å². The van der Waals surface area contributed by atoms with Crippen LogP contribution < -0.4 is 10.6 Å². The number of carbonyl (C=O) groups is 2. The Morgan fingerprint density at radius 1 is 1.19 bits per heavy atom. The molecule has 5 nitrogen and oxygen atoms in total. The fourth-order valence-electron chi connectivity index (χ4n) is 2.70.